The second kappa shape index (κ2) is 11.3. The number of thioether (sulfide) groups is 1. The number of rotatable bonds is 13. The Bertz CT molecular complexity index is 876. The van der Waals surface area contributed by atoms with Gasteiger partial charge in [-0.2, -0.15) is 0 Å². The molecule has 0 radical (unpaired) electrons. The first-order valence-corrected chi connectivity index (χ1v) is 14.1. The van der Waals surface area contributed by atoms with E-state index in [9.17, 15) is 19.5 Å². The van der Waals surface area contributed by atoms with Gasteiger partial charge in [0, 0.05) is 17.3 Å². The summed E-state index contributed by atoms with van der Waals surface area (Å²) in [5.41, 5.74) is 0. The van der Waals surface area contributed by atoms with Crippen molar-refractivity contribution in [2.45, 2.75) is 94.3 Å². The van der Waals surface area contributed by atoms with Gasteiger partial charge >= 0.3 is 5.97 Å². The molecule has 0 aromatic carbocycles. The largest absolute Gasteiger partial charge is 0.465 e. The number of unbranched alkanes of at least 4 members (excludes halogenated alkanes) is 1. The smallest absolute Gasteiger partial charge is 0.311 e. The van der Waals surface area contributed by atoms with Gasteiger partial charge in [0.25, 0.3) is 0 Å². The van der Waals surface area contributed by atoms with Gasteiger partial charge in [-0.15, -0.1) is 24.9 Å². The van der Waals surface area contributed by atoms with Crippen molar-refractivity contribution in [1.29, 1.82) is 0 Å². The minimum atomic E-state index is -0.737. The Labute approximate surface area is 220 Å². The first kappa shape index (κ1) is 28.8. The van der Waals surface area contributed by atoms with Gasteiger partial charge in [-0.05, 0) is 58.8 Å². The summed E-state index contributed by atoms with van der Waals surface area (Å²) in [6.07, 6.45) is 6.93. The van der Waals surface area contributed by atoms with Crippen LogP contribution in [0, 0.1) is 17.8 Å². The zero-order chi connectivity index (χ0) is 26.8. The van der Waals surface area contributed by atoms with Crippen molar-refractivity contribution in [1.82, 2.24) is 9.80 Å². The maximum absolute atomic E-state index is 14.3. The maximum Gasteiger partial charge on any atom is 0.311 e. The quantitative estimate of drug-likeness (QED) is 0.226. The lowest BCUT2D eigenvalue weighted by Crippen LogP contribution is -2.58. The van der Waals surface area contributed by atoms with Crippen LogP contribution in [0.15, 0.2) is 25.3 Å². The Morgan fingerprint density at radius 3 is 2.50 bits per heavy atom. The van der Waals surface area contributed by atoms with Crippen molar-refractivity contribution in [3.8, 4) is 0 Å². The molecule has 202 valence electrons. The van der Waals surface area contributed by atoms with Crippen LogP contribution in [0.25, 0.3) is 0 Å². The number of aliphatic hydroxyl groups excluding tert-OH is 1. The number of hydrogen-bond donors (Lipinski definition) is 1. The average Bonchev–Trinajstić information content (AvgIpc) is 3.38. The Hall–Kier alpha value is -1.80. The molecule has 8 heteroatoms. The fourth-order valence-corrected chi connectivity index (χ4v) is 8.88. The number of carbonyl (C=O) groups excluding carboxylic acids is 3. The van der Waals surface area contributed by atoms with Crippen molar-refractivity contribution in [2.24, 2.45) is 17.8 Å². The molecule has 3 saturated heterocycles. The van der Waals surface area contributed by atoms with Gasteiger partial charge in [-0.25, -0.2) is 0 Å². The van der Waals surface area contributed by atoms with Crippen LogP contribution in [-0.4, -0.2) is 80.1 Å². The van der Waals surface area contributed by atoms with E-state index in [0.29, 0.717) is 25.8 Å². The van der Waals surface area contributed by atoms with E-state index in [1.165, 1.54) is 0 Å². The first-order valence-electron chi connectivity index (χ1n) is 13.3. The van der Waals surface area contributed by atoms with Crippen molar-refractivity contribution in [3.63, 3.8) is 0 Å². The fourth-order valence-electron chi connectivity index (χ4n) is 6.56. The fraction of sp³-hybridized carbons (Fsp3) is 0.750. The molecule has 3 rings (SSSR count). The molecular formula is C28H44N2O5S. The molecular weight excluding hydrogens is 476 g/mol. The third-order valence-electron chi connectivity index (χ3n) is 8.08. The number of esters is 1. The molecule has 2 amide bonds. The lowest BCUT2D eigenvalue weighted by molar-refractivity contribution is -0.156. The zero-order valence-corrected chi connectivity index (χ0v) is 23.4. The van der Waals surface area contributed by atoms with Crippen LogP contribution in [0.5, 0.6) is 0 Å². The molecule has 6 atom stereocenters. The van der Waals surface area contributed by atoms with E-state index < -0.39 is 33.4 Å². The summed E-state index contributed by atoms with van der Waals surface area (Å²) in [4.78, 5) is 45.4. The summed E-state index contributed by atoms with van der Waals surface area (Å²) in [6, 6.07) is -1.30. The number of ether oxygens (including phenoxy) is 1. The van der Waals surface area contributed by atoms with Gasteiger partial charge in [0.2, 0.25) is 11.8 Å². The number of hydrogen-bond acceptors (Lipinski definition) is 6. The molecule has 0 aromatic rings. The number of carbonyl (C=O) groups is 3. The van der Waals surface area contributed by atoms with Crippen LogP contribution in [0.3, 0.4) is 0 Å². The van der Waals surface area contributed by atoms with Crippen molar-refractivity contribution in [3.05, 3.63) is 25.3 Å². The van der Waals surface area contributed by atoms with Gasteiger partial charge in [0.1, 0.15) is 6.04 Å². The summed E-state index contributed by atoms with van der Waals surface area (Å²) in [6.45, 7) is 18.0. The third kappa shape index (κ3) is 4.87. The minimum Gasteiger partial charge on any atom is -0.465 e. The highest BCUT2D eigenvalue weighted by Gasteiger charge is 2.78. The van der Waals surface area contributed by atoms with Crippen LogP contribution < -0.4 is 0 Å². The van der Waals surface area contributed by atoms with Gasteiger partial charge in [0.05, 0.1) is 35.8 Å². The molecule has 0 aromatic heterocycles. The van der Waals surface area contributed by atoms with Crippen LogP contribution in [0.2, 0.25) is 0 Å². The van der Waals surface area contributed by atoms with Gasteiger partial charge in [-0.3, -0.25) is 14.4 Å². The summed E-state index contributed by atoms with van der Waals surface area (Å²) in [7, 11) is 0. The monoisotopic (exact) mass is 520 g/mol. The van der Waals surface area contributed by atoms with E-state index in [0.717, 1.165) is 12.8 Å². The van der Waals surface area contributed by atoms with Crippen LogP contribution >= 0.6 is 11.8 Å². The minimum absolute atomic E-state index is 0.0783. The van der Waals surface area contributed by atoms with Crippen molar-refractivity contribution < 1.29 is 24.2 Å². The zero-order valence-electron chi connectivity index (χ0n) is 22.6. The van der Waals surface area contributed by atoms with E-state index in [1.807, 2.05) is 34.6 Å². The molecule has 3 heterocycles. The predicted octanol–water partition coefficient (Wildman–Crippen LogP) is 3.81. The molecule has 3 aliphatic heterocycles. The van der Waals surface area contributed by atoms with E-state index in [4.69, 9.17) is 4.74 Å². The van der Waals surface area contributed by atoms with Gasteiger partial charge in [-0.1, -0.05) is 26.0 Å². The summed E-state index contributed by atoms with van der Waals surface area (Å²) in [5.74, 6) is -1.69. The lowest BCUT2D eigenvalue weighted by Gasteiger charge is -2.41. The molecule has 1 spiro atoms. The molecule has 2 bridgehead atoms. The number of fused-ring (bicyclic) bond motifs is 1. The van der Waals surface area contributed by atoms with Crippen molar-refractivity contribution >= 4 is 29.5 Å². The second-order valence-corrected chi connectivity index (χ2v) is 13.3. The highest BCUT2D eigenvalue weighted by Crippen LogP contribution is 2.71. The average molecular weight is 521 g/mol. The number of aliphatic hydroxyl groups is 1. The lowest BCUT2D eigenvalue weighted by atomic mass is 9.66. The topological polar surface area (TPSA) is 87.1 Å². The van der Waals surface area contributed by atoms with Gasteiger partial charge in [0.15, 0.2) is 0 Å². The molecule has 0 saturated carbocycles. The third-order valence-corrected chi connectivity index (χ3v) is 10.1. The molecule has 36 heavy (non-hydrogen) atoms. The standard InChI is InChI=1S/C28H44N2O5S/c1-8-10-11-15-35-26(34)22-21-24(32)30(20(17-31)16-18(3)4)23(25(33)29(14-9-2)19(5)6)28(21)13-12-27(22,7)36-28/h8-9,18-23,31H,1-2,10-17H2,3-7H3/t20-,21+,22-,23?,27+,28?/m1/s1. The number of likely N-dealkylation sites (tertiary alicyclic amines) is 1. The number of nitrogens with zero attached hydrogens (tertiary/aromatic N) is 2. The van der Waals surface area contributed by atoms with Crippen LogP contribution in [0.4, 0.5) is 0 Å². The van der Waals surface area contributed by atoms with Crippen molar-refractivity contribution in [2.75, 3.05) is 19.8 Å². The van der Waals surface area contributed by atoms with E-state index in [1.54, 1.807) is 33.7 Å². The molecule has 1 N–H and O–H groups in total. The Morgan fingerprint density at radius 2 is 1.94 bits per heavy atom. The normalized spacial score (nSPS) is 31.6. The summed E-state index contributed by atoms with van der Waals surface area (Å²) in [5, 5.41) is 10.4. The summed E-state index contributed by atoms with van der Waals surface area (Å²) < 4.78 is 4.50. The molecule has 0 aliphatic carbocycles. The highest BCUT2D eigenvalue weighted by molar-refractivity contribution is 8.02. The highest BCUT2D eigenvalue weighted by atomic mass is 32.2. The van der Waals surface area contributed by atoms with Gasteiger partial charge < -0.3 is 19.6 Å². The van der Waals surface area contributed by atoms with Crippen LogP contribution in [-0.2, 0) is 19.1 Å². The van der Waals surface area contributed by atoms with E-state index in [-0.39, 0.29) is 43.0 Å². The second-order valence-electron chi connectivity index (χ2n) is 11.4. The Balaban J connectivity index is 2.06. The van der Waals surface area contributed by atoms with E-state index >= 15 is 0 Å². The number of amides is 2. The molecule has 2 unspecified atom stereocenters. The molecule has 3 fully saturated rings. The van der Waals surface area contributed by atoms with E-state index in [2.05, 4.69) is 13.2 Å². The first-order chi connectivity index (χ1) is 17.0. The predicted molar refractivity (Wildman–Crippen MR) is 143 cm³/mol. The SMILES string of the molecule is C=CCCCOC(=O)[C@H]1[C@H]2C(=O)N([C@@H](CO)CC(C)C)C(C(=O)N(CC=C)C(C)C)C23CC[C@]1(C)S3. The number of allylic oxidation sites excluding steroid dienone is 1. The molecule has 7 nitrogen and oxygen atoms in total. The summed E-state index contributed by atoms with van der Waals surface area (Å²) >= 11 is 1.64. The molecule has 3 aliphatic rings. The Morgan fingerprint density at radius 1 is 1.25 bits per heavy atom. The van der Waals surface area contributed by atoms with Crippen LogP contribution in [0.1, 0.15) is 66.7 Å². The Kier molecular flexibility index (Phi) is 9.03. The maximum atomic E-state index is 14.3.